The molecule has 1 heterocycles. The summed E-state index contributed by atoms with van der Waals surface area (Å²) < 4.78 is 6.23. The zero-order chi connectivity index (χ0) is 17.0. The molecule has 0 atom stereocenters. The molecule has 2 rings (SSSR count). The predicted molar refractivity (Wildman–Crippen MR) is 79.1 cm³/mol. The van der Waals surface area contributed by atoms with E-state index in [1.807, 2.05) is 0 Å². The van der Waals surface area contributed by atoms with Crippen LogP contribution in [0.25, 0.3) is 0 Å². The lowest BCUT2D eigenvalue weighted by Crippen LogP contribution is -2.38. The minimum absolute atomic E-state index is 0.0371. The maximum absolute atomic E-state index is 12.1. The fourth-order valence-electron chi connectivity index (χ4n) is 2.02. The van der Waals surface area contributed by atoms with Crippen molar-refractivity contribution in [3.63, 3.8) is 0 Å². The molecule has 0 aliphatic heterocycles. The number of aryl methyl sites for hydroxylation is 1. The van der Waals surface area contributed by atoms with Crippen LogP contribution in [0.15, 0.2) is 29.1 Å². The van der Waals surface area contributed by atoms with E-state index in [0.717, 1.165) is 4.73 Å². The first-order valence-electron chi connectivity index (χ1n) is 6.67. The maximum atomic E-state index is 12.1. The van der Waals surface area contributed by atoms with Gasteiger partial charge in [-0.1, -0.05) is 18.2 Å². The van der Waals surface area contributed by atoms with E-state index < -0.39 is 17.7 Å². The number of carbonyl (C=O) groups is 2. The number of hydrogen-bond acceptors (Lipinski definition) is 6. The zero-order valence-corrected chi connectivity index (χ0v) is 12.9. The van der Waals surface area contributed by atoms with Gasteiger partial charge in [-0.25, -0.2) is 14.4 Å². The Morgan fingerprint density at radius 2 is 1.96 bits per heavy atom. The van der Waals surface area contributed by atoms with Crippen molar-refractivity contribution in [1.29, 1.82) is 0 Å². The SMILES string of the molecule is COC(=O)c1ccccc1CNC(=O)n1nc(C)n(OC)c1=O. The number of esters is 1. The topological polar surface area (TPSA) is 104 Å². The van der Waals surface area contributed by atoms with Crippen LogP contribution in [0, 0.1) is 6.92 Å². The van der Waals surface area contributed by atoms with Gasteiger partial charge in [0.05, 0.1) is 12.7 Å². The summed E-state index contributed by atoms with van der Waals surface area (Å²) in [6.45, 7) is 1.57. The van der Waals surface area contributed by atoms with Gasteiger partial charge in [-0.15, -0.1) is 14.5 Å². The Morgan fingerprint density at radius 3 is 2.57 bits per heavy atom. The van der Waals surface area contributed by atoms with E-state index in [-0.39, 0.29) is 12.4 Å². The van der Waals surface area contributed by atoms with Crippen molar-refractivity contribution in [1.82, 2.24) is 19.8 Å². The third kappa shape index (κ3) is 3.23. The van der Waals surface area contributed by atoms with Gasteiger partial charge in [-0.3, -0.25) is 0 Å². The molecule has 1 aromatic carbocycles. The molecule has 9 nitrogen and oxygen atoms in total. The van der Waals surface area contributed by atoms with E-state index >= 15 is 0 Å². The first-order valence-corrected chi connectivity index (χ1v) is 6.67. The second kappa shape index (κ2) is 6.77. The smallest absolute Gasteiger partial charge is 0.387 e. The van der Waals surface area contributed by atoms with Gasteiger partial charge in [0.25, 0.3) is 0 Å². The summed E-state index contributed by atoms with van der Waals surface area (Å²) in [5, 5.41) is 6.33. The van der Waals surface area contributed by atoms with Crippen molar-refractivity contribution < 1.29 is 19.2 Å². The number of methoxy groups -OCH3 is 1. The number of rotatable bonds is 4. The van der Waals surface area contributed by atoms with E-state index in [0.29, 0.717) is 15.8 Å². The van der Waals surface area contributed by atoms with Crippen molar-refractivity contribution in [3.8, 4) is 0 Å². The van der Waals surface area contributed by atoms with Gasteiger partial charge >= 0.3 is 17.7 Å². The molecule has 23 heavy (non-hydrogen) atoms. The third-order valence-corrected chi connectivity index (χ3v) is 3.12. The maximum Gasteiger partial charge on any atom is 0.387 e. The molecule has 1 amide bonds. The van der Waals surface area contributed by atoms with Gasteiger partial charge in [0, 0.05) is 6.54 Å². The highest BCUT2D eigenvalue weighted by atomic mass is 16.7. The molecule has 0 bridgehead atoms. The monoisotopic (exact) mass is 320 g/mol. The molecule has 0 unspecified atom stereocenters. The van der Waals surface area contributed by atoms with Crippen LogP contribution in [-0.4, -0.2) is 40.7 Å². The Labute approximate surface area is 131 Å². The van der Waals surface area contributed by atoms with Crippen molar-refractivity contribution in [2.45, 2.75) is 13.5 Å². The lowest BCUT2D eigenvalue weighted by atomic mass is 10.1. The quantitative estimate of drug-likeness (QED) is 0.792. The van der Waals surface area contributed by atoms with Crippen molar-refractivity contribution in [3.05, 3.63) is 51.7 Å². The fourth-order valence-corrected chi connectivity index (χ4v) is 2.02. The Balaban J connectivity index is 2.18. The normalized spacial score (nSPS) is 10.2. The largest absolute Gasteiger partial charge is 0.465 e. The Hall–Kier alpha value is -3.10. The van der Waals surface area contributed by atoms with Gasteiger partial charge in [0.2, 0.25) is 0 Å². The predicted octanol–water partition coefficient (Wildman–Crippen LogP) is -0.0439. The molecule has 0 aliphatic rings. The number of ether oxygens (including phenoxy) is 1. The van der Waals surface area contributed by atoms with Gasteiger partial charge in [0.1, 0.15) is 7.11 Å². The molecule has 0 fully saturated rings. The van der Waals surface area contributed by atoms with Crippen LogP contribution in [0.1, 0.15) is 21.7 Å². The summed E-state index contributed by atoms with van der Waals surface area (Å²) in [5.74, 6) is -0.269. The average Bonchev–Trinajstić information content (AvgIpc) is 2.86. The van der Waals surface area contributed by atoms with Crippen LogP contribution >= 0.6 is 0 Å². The van der Waals surface area contributed by atoms with E-state index in [1.165, 1.54) is 21.1 Å². The highest BCUT2D eigenvalue weighted by Crippen LogP contribution is 2.09. The molecular weight excluding hydrogens is 304 g/mol. The Bertz CT molecular complexity index is 793. The minimum atomic E-state index is -0.728. The minimum Gasteiger partial charge on any atom is -0.465 e. The number of benzene rings is 1. The highest BCUT2D eigenvalue weighted by Gasteiger charge is 2.17. The summed E-state index contributed by atoms with van der Waals surface area (Å²) in [7, 11) is 2.57. The van der Waals surface area contributed by atoms with E-state index in [9.17, 15) is 14.4 Å². The van der Waals surface area contributed by atoms with Crippen LogP contribution in [0.4, 0.5) is 4.79 Å². The molecule has 0 saturated heterocycles. The highest BCUT2D eigenvalue weighted by molar-refractivity contribution is 5.91. The van der Waals surface area contributed by atoms with Crippen LogP contribution in [0.5, 0.6) is 0 Å². The Kier molecular flexibility index (Phi) is 4.79. The molecule has 122 valence electrons. The van der Waals surface area contributed by atoms with Crippen LogP contribution in [0.2, 0.25) is 0 Å². The van der Waals surface area contributed by atoms with Gasteiger partial charge in [-0.2, -0.15) is 0 Å². The van der Waals surface area contributed by atoms with E-state index in [2.05, 4.69) is 15.2 Å². The summed E-state index contributed by atoms with van der Waals surface area (Å²) >= 11 is 0. The summed E-state index contributed by atoms with van der Waals surface area (Å²) in [4.78, 5) is 40.5. The number of carbonyl (C=O) groups excluding carboxylic acids is 2. The Morgan fingerprint density at radius 1 is 1.26 bits per heavy atom. The molecular formula is C14H16N4O5. The second-order valence-electron chi connectivity index (χ2n) is 4.53. The van der Waals surface area contributed by atoms with Crippen LogP contribution < -0.4 is 15.8 Å². The molecule has 9 heteroatoms. The molecule has 0 saturated carbocycles. The molecule has 0 spiro atoms. The standard InChI is InChI=1S/C14H16N4O5/c1-9-16-17(14(21)18(9)23-3)13(20)15-8-10-6-4-5-7-11(10)12(19)22-2/h4-7H,8H2,1-3H3,(H,15,20). The molecule has 0 aliphatic carbocycles. The number of amides is 1. The summed E-state index contributed by atoms with van der Waals surface area (Å²) in [5.41, 5.74) is 0.175. The second-order valence-corrected chi connectivity index (χ2v) is 4.53. The lowest BCUT2D eigenvalue weighted by Gasteiger charge is -2.08. The van der Waals surface area contributed by atoms with Gasteiger partial charge < -0.3 is 14.9 Å². The molecule has 1 aromatic heterocycles. The fraction of sp³-hybridized carbons (Fsp3) is 0.286. The molecule has 0 radical (unpaired) electrons. The van der Waals surface area contributed by atoms with Crippen LogP contribution in [0.3, 0.4) is 0 Å². The average molecular weight is 320 g/mol. The van der Waals surface area contributed by atoms with Gasteiger partial charge in [-0.05, 0) is 18.6 Å². The first kappa shape index (κ1) is 16.3. The van der Waals surface area contributed by atoms with E-state index in [4.69, 9.17) is 4.84 Å². The number of hydrogen-bond donors (Lipinski definition) is 1. The summed E-state index contributed by atoms with van der Waals surface area (Å²) in [6.07, 6.45) is 0. The zero-order valence-electron chi connectivity index (χ0n) is 12.9. The lowest BCUT2D eigenvalue weighted by molar-refractivity contribution is 0.0599. The molecule has 2 aromatic rings. The summed E-state index contributed by atoms with van der Waals surface area (Å²) in [6, 6.07) is 5.95. The van der Waals surface area contributed by atoms with E-state index in [1.54, 1.807) is 24.3 Å². The van der Waals surface area contributed by atoms with Crippen molar-refractivity contribution in [2.75, 3.05) is 14.2 Å². The molecule has 1 N–H and O–H groups in total. The number of aromatic nitrogens is 3. The van der Waals surface area contributed by atoms with Crippen molar-refractivity contribution >= 4 is 12.0 Å². The van der Waals surface area contributed by atoms with Gasteiger partial charge in [0.15, 0.2) is 5.82 Å². The van der Waals surface area contributed by atoms with Crippen LogP contribution in [-0.2, 0) is 11.3 Å². The number of nitrogens with one attached hydrogen (secondary N) is 1. The number of nitrogens with zero attached hydrogens (tertiary/aromatic N) is 3. The first-order chi connectivity index (χ1) is 11.0. The van der Waals surface area contributed by atoms with Crippen molar-refractivity contribution in [2.24, 2.45) is 0 Å². The third-order valence-electron chi connectivity index (χ3n) is 3.12.